The van der Waals surface area contributed by atoms with Crippen LogP contribution in [-0.2, 0) is 17.6 Å². The molecule has 0 atom stereocenters. The highest BCUT2D eigenvalue weighted by molar-refractivity contribution is 5.46. The molecule has 0 fully saturated rings. The molecule has 1 aromatic heterocycles. The predicted molar refractivity (Wildman–Crippen MR) is 76.5 cm³/mol. The maximum atomic E-state index is 5.07. The van der Waals surface area contributed by atoms with Crippen LogP contribution in [0.15, 0.2) is 6.33 Å². The van der Waals surface area contributed by atoms with Gasteiger partial charge in [-0.25, -0.2) is 9.97 Å². The van der Waals surface area contributed by atoms with Gasteiger partial charge in [0.15, 0.2) is 0 Å². The molecule has 5 heteroatoms. The van der Waals surface area contributed by atoms with E-state index in [2.05, 4.69) is 27.2 Å². The summed E-state index contributed by atoms with van der Waals surface area (Å²) in [6, 6.07) is 0. The predicted octanol–water partition coefficient (Wildman–Crippen LogP) is 1.35. The van der Waals surface area contributed by atoms with Crippen LogP contribution < -0.4 is 5.32 Å². The van der Waals surface area contributed by atoms with E-state index >= 15 is 0 Å². The van der Waals surface area contributed by atoms with E-state index in [4.69, 9.17) is 4.74 Å². The smallest absolute Gasteiger partial charge is 0.132 e. The lowest BCUT2D eigenvalue weighted by Crippen LogP contribution is -2.28. The van der Waals surface area contributed by atoms with E-state index in [0.29, 0.717) is 0 Å². The Labute approximate surface area is 115 Å². The van der Waals surface area contributed by atoms with Crippen molar-refractivity contribution in [2.24, 2.45) is 0 Å². The van der Waals surface area contributed by atoms with Crippen molar-refractivity contribution < 1.29 is 4.74 Å². The Hall–Kier alpha value is -1.20. The molecule has 0 aromatic carbocycles. The summed E-state index contributed by atoms with van der Waals surface area (Å²) in [4.78, 5) is 11.0. The molecule has 0 spiro atoms. The van der Waals surface area contributed by atoms with Gasteiger partial charge in [0, 0.05) is 38.0 Å². The van der Waals surface area contributed by atoms with Gasteiger partial charge in [-0.2, -0.15) is 0 Å². The maximum absolute atomic E-state index is 5.07. The second-order valence-corrected chi connectivity index (χ2v) is 5.08. The summed E-state index contributed by atoms with van der Waals surface area (Å²) in [6.07, 6.45) is 6.39. The summed E-state index contributed by atoms with van der Waals surface area (Å²) in [5.41, 5.74) is 2.56. The topological polar surface area (TPSA) is 50.3 Å². The zero-order valence-electron chi connectivity index (χ0n) is 12.0. The Kier molecular flexibility index (Phi) is 5.54. The molecule has 106 valence electrons. The summed E-state index contributed by atoms with van der Waals surface area (Å²) < 4.78 is 5.07. The van der Waals surface area contributed by atoms with Crippen molar-refractivity contribution >= 4 is 5.82 Å². The molecule has 2 rings (SSSR count). The molecular formula is C14H24N4O. The number of hydrogen-bond donors (Lipinski definition) is 1. The summed E-state index contributed by atoms with van der Waals surface area (Å²) in [5.74, 6) is 1.03. The molecule has 0 saturated heterocycles. The van der Waals surface area contributed by atoms with Crippen molar-refractivity contribution in [3.63, 3.8) is 0 Å². The third-order valence-electron chi connectivity index (χ3n) is 3.59. The molecule has 1 aliphatic rings. The first-order chi connectivity index (χ1) is 9.31. The van der Waals surface area contributed by atoms with E-state index < -0.39 is 0 Å². The fourth-order valence-electron chi connectivity index (χ4n) is 2.40. The lowest BCUT2D eigenvalue weighted by molar-refractivity contribution is 0.163. The standard InChI is InChI=1S/C14H24N4O/c1-18(9-10-19-2)8-7-15-14-12-5-3-4-6-13(12)16-11-17-14/h11H,3-10H2,1-2H3,(H,15,16,17). The number of ether oxygens (including phenoxy) is 1. The van der Waals surface area contributed by atoms with Gasteiger partial charge in [-0.3, -0.25) is 0 Å². The zero-order chi connectivity index (χ0) is 13.5. The van der Waals surface area contributed by atoms with Gasteiger partial charge in [-0.15, -0.1) is 0 Å². The number of methoxy groups -OCH3 is 1. The maximum Gasteiger partial charge on any atom is 0.132 e. The Morgan fingerprint density at radius 2 is 2.11 bits per heavy atom. The Morgan fingerprint density at radius 1 is 1.26 bits per heavy atom. The highest BCUT2D eigenvalue weighted by Crippen LogP contribution is 2.23. The number of nitrogens with zero attached hydrogens (tertiary/aromatic N) is 3. The first-order valence-electron chi connectivity index (χ1n) is 7.05. The van der Waals surface area contributed by atoms with Crippen LogP contribution in [0.3, 0.4) is 0 Å². The molecule has 0 saturated carbocycles. The van der Waals surface area contributed by atoms with E-state index in [1.807, 2.05) is 0 Å². The Bertz CT molecular complexity index is 397. The number of fused-ring (bicyclic) bond motifs is 1. The second kappa shape index (κ2) is 7.40. The monoisotopic (exact) mass is 264 g/mol. The molecule has 1 N–H and O–H groups in total. The van der Waals surface area contributed by atoms with E-state index in [1.54, 1.807) is 13.4 Å². The average Bonchev–Trinajstić information content (AvgIpc) is 2.45. The number of anilines is 1. The lowest BCUT2D eigenvalue weighted by Gasteiger charge is -2.20. The van der Waals surface area contributed by atoms with Crippen LogP contribution in [-0.4, -0.2) is 55.3 Å². The van der Waals surface area contributed by atoms with Gasteiger partial charge in [-0.1, -0.05) is 0 Å². The number of aromatic nitrogens is 2. The van der Waals surface area contributed by atoms with Crippen molar-refractivity contribution in [2.75, 3.05) is 45.7 Å². The quantitative estimate of drug-likeness (QED) is 0.805. The number of rotatable bonds is 7. The van der Waals surface area contributed by atoms with Crippen LogP contribution in [0.25, 0.3) is 0 Å². The molecule has 1 aromatic rings. The van der Waals surface area contributed by atoms with Crippen molar-refractivity contribution in [3.8, 4) is 0 Å². The minimum absolute atomic E-state index is 0.777. The third kappa shape index (κ3) is 4.14. The first-order valence-corrected chi connectivity index (χ1v) is 7.05. The van der Waals surface area contributed by atoms with Crippen LogP contribution in [0.5, 0.6) is 0 Å². The van der Waals surface area contributed by atoms with E-state index in [-0.39, 0.29) is 0 Å². The molecule has 0 amide bonds. The van der Waals surface area contributed by atoms with Gasteiger partial charge >= 0.3 is 0 Å². The molecule has 5 nitrogen and oxygen atoms in total. The highest BCUT2D eigenvalue weighted by atomic mass is 16.5. The lowest BCUT2D eigenvalue weighted by atomic mass is 9.96. The van der Waals surface area contributed by atoms with E-state index in [1.165, 1.54) is 24.1 Å². The van der Waals surface area contributed by atoms with Crippen molar-refractivity contribution in [1.82, 2.24) is 14.9 Å². The van der Waals surface area contributed by atoms with Gasteiger partial charge in [0.1, 0.15) is 12.1 Å². The van der Waals surface area contributed by atoms with Crippen LogP contribution >= 0.6 is 0 Å². The van der Waals surface area contributed by atoms with Gasteiger partial charge in [0.2, 0.25) is 0 Å². The first kappa shape index (κ1) is 14.2. The SMILES string of the molecule is COCCN(C)CCNc1ncnc2c1CCCC2. The minimum atomic E-state index is 0.777. The Balaban J connectivity index is 1.83. The van der Waals surface area contributed by atoms with E-state index in [9.17, 15) is 0 Å². The number of hydrogen-bond acceptors (Lipinski definition) is 5. The second-order valence-electron chi connectivity index (χ2n) is 5.08. The molecule has 1 aliphatic carbocycles. The molecular weight excluding hydrogens is 240 g/mol. The normalized spacial score (nSPS) is 14.5. The molecule has 0 aliphatic heterocycles. The average molecular weight is 264 g/mol. The van der Waals surface area contributed by atoms with Crippen molar-refractivity contribution in [1.29, 1.82) is 0 Å². The van der Waals surface area contributed by atoms with Gasteiger partial charge in [-0.05, 0) is 32.7 Å². The van der Waals surface area contributed by atoms with Crippen LogP contribution in [0.1, 0.15) is 24.1 Å². The molecule has 0 radical (unpaired) electrons. The van der Waals surface area contributed by atoms with Gasteiger partial charge < -0.3 is 15.0 Å². The van der Waals surface area contributed by atoms with Crippen LogP contribution in [0.4, 0.5) is 5.82 Å². The largest absolute Gasteiger partial charge is 0.383 e. The molecule has 0 unspecified atom stereocenters. The molecule has 19 heavy (non-hydrogen) atoms. The summed E-state index contributed by atoms with van der Waals surface area (Å²) in [6.45, 7) is 3.63. The number of nitrogens with one attached hydrogen (secondary N) is 1. The summed E-state index contributed by atoms with van der Waals surface area (Å²) >= 11 is 0. The van der Waals surface area contributed by atoms with Crippen LogP contribution in [0, 0.1) is 0 Å². The van der Waals surface area contributed by atoms with Gasteiger partial charge in [0.05, 0.1) is 6.61 Å². The third-order valence-corrected chi connectivity index (χ3v) is 3.59. The van der Waals surface area contributed by atoms with Crippen LogP contribution in [0.2, 0.25) is 0 Å². The fraction of sp³-hybridized carbons (Fsp3) is 0.714. The number of aryl methyl sites for hydroxylation is 1. The van der Waals surface area contributed by atoms with Crippen molar-refractivity contribution in [2.45, 2.75) is 25.7 Å². The minimum Gasteiger partial charge on any atom is -0.383 e. The zero-order valence-corrected chi connectivity index (χ0v) is 12.0. The number of likely N-dealkylation sites (N-methyl/N-ethyl adjacent to an activating group) is 1. The Morgan fingerprint density at radius 3 is 2.95 bits per heavy atom. The molecule has 0 bridgehead atoms. The molecule has 1 heterocycles. The summed E-state index contributed by atoms with van der Waals surface area (Å²) in [5, 5.41) is 3.45. The highest BCUT2D eigenvalue weighted by Gasteiger charge is 2.14. The van der Waals surface area contributed by atoms with Crippen molar-refractivity contribution in [3.05, 3.63) is 17.6 Å². The summed E-state index contributed by atoms with van der Waals surface area (Å²) in [7, 11) is 3.84. The van der Waals surface area contributed by atoms with E-state index in [0.717, 1.165) is 44.9 Å². The fourth-order valence-corrected chi connectivity index (χ4v) is 2.40. The van der Waals surface area contributed by atoms with Gasteiger partial charge in [0.25, 0.3) is 0 Å².